The van der Waals surface area contributed by atoms with Gasteiger partial charge in [-0.25, -0.2) is 4.79 Å². The SMILES string of the molecule is C=CC(CCC)C(Oc1ccccc1)C(=O)O. The summed E-state index contributed by atoms with van der Waals surface area (Å²) < 4.78 is 5.51. The first kappa shape index (κ1) is 13.3. The molecule has 1 N–H and O–H groups in total. The number of aliphatic carboxylic acids is 1. The molecule has 0 radical (unpaired) electrons. The molecule has 2 unspecified atom stereocenters. The van der Waals surface area contributed by atoms with Gasteiger partial charge in [-0.15, -0.1) is 6.58 Å². The van der Waals surface area contributed by atoms with Crippen LogP contribution in [0.15, 0.2) is 43.0 Å². The maximum atomic E-state index is 11.2. The monoisotopic (exact) mass is 234 g/mol. The molecule has 2 atom stereocenters. The first-order valence-electron chi connectivity index (χ1n) is 5.76. The summed E-state index contributed by atoms with van der Waals surface area (Å²) in [5.74, 6) is -0.548. The van der Waals surface area contributed by atoms with Gasteiger partial charge in [0.1, 0.15) is 5.75 Å². The average Bonchev–Trinajstić information content (AvgIpc) is 2.34. The molecule has 1 rings (SSSR count). The fraction of sp³-hybridized carbons (Fsp3) is 0.357. The zero-order valence-electron chi connectivity index (χ0n) is 10.0. The standard InChI is InChI=1S/C14H18O3/c1-3-8-11(4-2)13(14(15)16)17-12-9-6-5-7-10-12/h4-7,9-11,13H,2-3,8H2,1H3,(H,15,16). The Kier molecular flexibility index (Phi) is 5.27. The number of hydrogen-bond acceptors (Lipinski definition) is 2. The van der Waals surface area contributed by atoms with Crippen LogP contribution in [0.3, 0.4) is 0 Å². The van der Waals surface area contributed by atoms with Crippen LogP contribution in [0, 0.1) is 5.92 Å². The van der Waals surface area contributed by atoms with Crippen molar-refractivity contribution in [3.8, 4) is 5.75 Å². The minimum Gasteiger partial charge on any atom is -0.478 e. The summed E-state index contributed by atoms with van der Waals surface area (Å²) in [4.78, 5) is 11.2. The Morgan fingerprint density at radius 2 is 2.12 bits per heavy atom. The smallest absolute Gasteiger partial charge is 0.345 e. The summed E-state index contributed by atoms with van der Waals surface area (Å²) in [7, 11) is 0. The fourth-order valence-corrected chi connectivity index (χ4v) is 1.69. The first-order chi connectivity index (χ1) is 8.19. The molecule has 1 aromatic rings. The van der Waals surface area contributed by atoms with Crippen LogP contribution in [-0.2, 0) is 4.79 Å². The highest BCUT2D eigenvalue weighted by atomic mass is 16.5. The van der Waals surface area contributed by atoms with Gasteiger partial charge >= 0.3 is 5.97 Å². The van der Waals surface area contributed by atoms with Crippen LogP contribution in [0.5, 0.6) is 5.75 Å². The largest absolute Gasteiger partial charge is 0.478 e. The minimum absolute atomic E-state index is 0.169. The Morgan fingerprint density at radius 3 is 2.59 bits per heavy atom. The van der Waals surface area contributed by atoms with E-state index in [1.807, 2.05) is 25.1 Å². The molecule has 1 aromatic carbocycles. The van der Waals surface area contributed by atoms with E-state index in [0.29, 0.717) is 5.75 Å². The van der Waals surface area contributed by atoms with Crippen molar-refractivity contribution in [1.82, 2.24) is 0 Å². The average molecular weight is 234 g/mol. The van der Waals surface area contributed by atoms with Gasteiger partial charge in [-0.1, -0.05) is 37.6 Å². The van der Waals surface area contributed by atoms with E-state index in [1.165, 1.54) is 0 Å². The van der Waals surface area contributed by atoms with Crippen molar-refractivity contribution >= 4 is 5.97 Å². The summed E-state index contributed by atoms with van der Waals surface area (Å²) >= 11 is 0. The Hall–Kier alpha value is -1.77. The quantitative estimate of drug-likeness (QED) is 0.737. The number of hydrogen-bond donors (Lipinski definition) is 1. The summed E-state index contributed by atoms with van der Waals surface area (Å²) in [6.07, 6.45) is 2.45. The van der Waals surface area contributed by atoms with E-state index in [9.17, 15) is 9.90 Å². The lowest BCUT2D eigenvalue weighted by atomic mass is 9.97. The first-order valence-corrected chi connectivity index (χ1v) is 5.76. The molecule has 17 heavy (non-hydrogen) atoms. The summed E-state index contributed by atoms with van der Waals surface area (Å²) in [5, 5.41) is 9.19. The second-order valence-electron chi connectivity index (χ2n) is 3.88. The highest BCUT2D eigenvalue weighted by Gasteiger charge is 2.27. The number of benzene rings is 1. The van der Waals surface area contributed by atoms with E-state index in [1.54, 1.807) is 18.2 Å². The molecule has 0 bridgehead atoms. The highest BCUT2D eigenvalue weighted by molar-refractivity contribution is 5.73. The van der Waals surface area contributed by atoms with E-state index in [4.69, 9.17) is 4.74 Å². The van der Waals surface area contributed by atoms with Crippen molar-refractivity contribution in [1.29, 1.82) is 0 Å². The van der Waals surface area contributed by atoms with Gasteiger partial charge in [0.2, 0.25) is 6.10 Å². The Labute approximate surface area is 102 Å². The molecule has 0 fully saturated rings. The van der Waals surface area contributed by atoms with Gasteiger partial charge in [0, 0.05) is 5.92 Å². The van der Waals surface area contributed by atoms with Crippen LogP contribution in [0.4, 0.5) is 0 Å². The minimum atomic E-state index is -0.952. The van der Waals surface area contributed by atoms with Crippen molar-refractivity contribution in [3.63, 3.8) is 0 Å². The lowest BCUT2D eigenvalue weighted by Crippen LogP contribution is -2.34. The summed E-state index contributed by atoms with van der Waals surface area (Å²) in [6, 6.07) is 9.00. The van der Waals surface area contributed by atoms with E-state index >= 15 is 0 Å². The molecule has 0 aliphatic carbocycles. The van der Waals surface area contributed by atoms with Gasteiger partial charge < -0.3 is 9.84 Å². The lowest BCUT2D eigenvalue weighted by molar-refractivity contribution is -0.147. The molecular weight excluding hydrogens is 216 g/mol. The number of para-hydroxylation sites is 1. The van der Waals surface area contributed by atoms with Gasteiger partial charge in [-0.3, -0.25) is 0 Å². The van der Waals surface area contributed by atoms with E-state index in [0.717, 1.165) is 12.8 Å². The number of rotatable bonds is 7. The van der Waals surface area contributed by atoms with Crippen LogP contribution in [-0.4, -0.2) is 17.2 Å². The molecule has 3 nitrogen and oxygen atoms in total. The van der Waals surface area contributed by atoms with Crippen LogP contribution < -0.4 is 4.74 Å². The number of carboxylic acids is 1. The lowest BCUT2D eigenvalue weighted by Gasteiger charge is -2.21. The fourth-order valence-electron chi connectivity index (χ4n) is 1.69. The maximum absolute atomic E-state index is 11.2. The van der Waals surface area contributed by atoms with Gasteiger partial charge in [-0.2, -0.15) is 0 Å². The van der Waals surface area contributed by atoms with Crippen molar-refractivity contribution in [2.24, 2.45) is 5.92 Å². The normalized spacial score (nSPS) is 13.7. The van der Waals surface area contributed by atoms with E-state index < -0.39 is 12.1 Å². The predicted molar refractivity (Wildman–Crippen MR) is 67.1 cm³/mol. The molecule has 3 heteroatoms. The summed E-state index contributed by atoms with van der Waals surface area (Å²) in [6.45, 7) is 5.69. The van der Waals surface area contributed by atoms with Crippen molar-refractivity contribution in [3.05, 3.63) is 43.0 Å². The zero-order chi connectivity index (χ0) is 12.7. The number of carbonyl (C=O) groups is 1. The third-order valence-electron chi connectivity index (χ3n) is 2.56. The van der Waals surface area contributed by atoms with Crippen LogP contribution >= 0.6 is 0 Å². The van der Waals surface area contributed by atoms with Gasteiger partial charge in [0.05, 0.1) is 0 Å². The third-order valence-corrected chi connectivity index (χ3v) is 2.56. The molecule has 92 valence electrons. The van der Waals surface area contributed by atoms with E-state index in [-0.39, 0.29) is 5.92 Å². The van der Waals surface area contributed by atoms with Gasteiger partial charge in [-0.05, 0) is 18.6 Å². The number of carboxylic acid groups (broad SMARTS) is 1. The highest BCUT2D eigenvalue weighted by Crippen LogP contribution is 2.20. The Balaban J connectivity index is 2.79. The summed E-state index contributed by atoms with van der Waals surface area (Å²) in [5.41, 5.74) is 0. The van der Waals surface area contributed by atoms with E-state index in [2.05, 4.69) is 6.58 Å². The second kappa shape index (κ2) is 6.74. The Bertz CT molecular complexity index is 359. The number of ether oxygens (including phenoxy) is 1. The Morgan fingerprint density at radius 1 is 1.47 bits per heavy atom. The van der Waals surface area contributed by atoms with Crippen molar-refractivity contribution < 1.29 is 14.6 Å². The molecule has 0 saturated heterocycles. The molecule has 0 aromatic heterocycles. The van der Waals surface area contributed by atoms with Crippen LogP contribution in [0.2, 0.25) is 0 Å². The molecule has 0 aliphatic heterocycles. The van der Waals surface area contributed by atoms with Gasteiger partial charge in [0.15, 0.2) is 0 Å². The molecular formula is C14H18O3. The molecule has 0 saturated carbocycles. The molecule has 0 heterocycles. The predicted octanol–water partition coefficient (Wildman–Crippen LogP) is 3.12. The molecule has 0 spiro atoms. The van der Waals surface area contributed by atoms with Crippen LogP contribution in [0.1, 0.15) is 19.8 Å². The van der Waals surface area contributed by atoms with Gasteiger partial charge in [0.25, 0.3) is 0 Å². The zero-order valence-corrected chi connectivity index (χ0v) is 10.0. The third kappa shape index (κ3) is 3.94. The molecule has 0 amide bonds. The van der Waals surface area contributed by atoms with Crippen molar-refractivity contribution in [2.45, 2.75) is 25.9 Å². The second-order valence-corrected chi connectivity index (χ2v) is 3.88. The van der Waals surface area contributed by atoms with Crippen molar-refractivity contribution in [2.75, 3.05) is 0 Å². The molecule has 0 aliphatic rings. The topological polar surface area (TPSA) is 46.5 Å². The maximum Gasteiger partial charge on any atom is 0.345 e. The van der Waals surface area contributed by atoms with Crippen LogP contribution in [0.25, 0.3) is 0 Å².